The number of hydrogen-bond donors (Lipinski definition) is 1. The number of benzene rings is 1. The molecule has 2 heteroatoms. The normalized spacial score (nSPS) is 24.0. The number of nitrogens with zero attached hydrogens (tertiary/aromatic N) is 1. The zero-order valence-electron chi connectivity index (χ0n) is 13.0. The van der Waals surface area contributed by atoms with E-state index in [4.69, 9.17) is 0 Å². The van der Waals surface area contributed by atoms with Gasteiger partial charge < -0.3 is 10.2 Å². The number of rotatable bonds is 3. The minimum atomic E-state index is 0.600. The van der Waals surface area contributed by atoms with Crippen LogP contribution in [0.1, 0.15) is 38.3 Å². The highest BCUT2D eigenvalue weighted by atomic mass is 15.2. The van der Waals surface area contributed by atoms with Crippen LogP contribution in [0.5, 0.6) is 0 Å². The summed E-state index contributed by atoms with van der Waals surface area (Å²) < 4.78 is 0. The summed E-state index contributed by atoms with van der Waals surface area (Å²) in [6.07, 6.45) is 1.20. The van der Waals surface area contributed by atoms with Gasteiger partial charge in [-0.3, -0.25) is 0 Å². The Hall–Kier alpha value is -1.02. The van der Waals surface area contributed by atoms with Crippen LogP contribution in [0.4, 0.5) is 5.69 Å². The second-order valence-electron chi connectivity index (χ2n) is 6.27. The maximum absolute atomic E-state index is 3.69. The molecule has 1 heterocycles. The van der Waals surface area contributed by atoms with E-state index in [0.717, 1.165) is 13.1 Å². The van der Waals surface area contributed by atoms with Crippen LogP contribution in [0.25, 0.3) is 0 Å². The van der Waals surface area contributed by atoms with E-state index in [9.17, 15) is 0 Å². The number of piperazine rings is 1. The van der Waals surface area contributed by atoms with Gasteiger partial charge in [-0.25, -0.2) is 0 Å². The van der Waals surface area contributed by atoms with Gasteiger partial charge in [-0.2, -0.15) is 0 Å². The fourth-order valence-corrected chi connectivity index (χ4v) is 3.01. The molecule has 1 aromatic rings. The Morgan fingerprint density at radius 2 is 2.05 bits per heavy atom. The zero-order chi connectivity index (χ0) is 14.0. The first-order valence-corrected chi connectivity index (χ1v) is 7.60. The van der Waals surface area contributed by atoms with Crippen molar-refractivity contribution in [3.63, 3.8) is 0 Å². The Bertz CT molecular complexity index is 425. The van der Waals surface area contributed by atoms with Gasteiger partial charge in [0, 0.05) is 30.9 Å². The summed E-state index contributed by atoms with van der Waals surface area (Å²) in [5.74, 6) is 0.671. The molecule has 1 saturated heterocycles. The highest BCUT2D eigenvalue weighted by molar-refractivity contribution is 5.56. The lowest BCUT2D eigenvalue weighted by atomic mass is 9.95. The molecule has 1 fully saturated rings. The highest BCUT2D eigenvalue weighted by Gasteiger charge is 2.29. The predicted octanol–water partition coefficient (Wildman–Crippen LogP) is 3.52. The zero-order valence-corrected chi connectivity index (χ0v) is 13.0. The fraction of sp³-hybridized carbons (Fsp3) is 0.647. The third-order valence-corrected chi connectivity index (χ3v) is 4.37. The summed E-state index contributed by atoms with van der Waals surface area (Å²) in [5, 5.41) is 3.69. The maximum atomic E-state index is 3.69. The second kappa shape index (κ2) is 5.96. The average Bonchev–Trinajstić information content (AvgIpc) is 2.40. The molecule has 0 aromatic heterocycles. The molecule has 0 spiro atoms. The van der Waals surface area contributed by atoms with Crippen LogP contribution in [0.2, 0.25) is 0 Å². The third-order valence-electron chi connectivity index (χ3n) is 4.37. The first-order valence-electron chi connectivity index (χ1n) is 7.60. The molecule has 1 N–H and O–H groups in total. The molecular weight excluding hydrogens is 232 g/mol. The highest BCUT2D eigenvalue weighted by Crippen LogP contribution is 2.28. The lowest BCUT2D eigenvalue weighted by molar-refractivity contribution is 0.333. The molecular formula is C17H28N2. The molecule has 2 unspecified atom stereocenters. The monoisotopic (exact) mass is 260 g/mol. The van der Waals surface area contributed by atoms with Crippen LogP contribution in [0.15, 0.2) is 18.2 Å². The quantitative estimate of drug-likeness (QED) is 0.894. The minimum absolute atomic E-state index is 0.600. The SMILES string of the molecule is CCC1CN(c2cc(C)ccc2C)C(C(C)C)CN1. The largest absolute Gasteiger partial charge is 0.365 e. The number of hydrogen-bond acceptors (Lipinski definition) is 2. The van der Waals surface area contributed by atoms with E-state index in [1.54, 1.807) is 0 Å². The summed E-state index contributed by atoms with van der Waals surface area (Å²) in [5.41, 5.74) is 4.18. The van der Waals surface area contributed by atoms with E-state index >= 15 is 0 Å². The van der Waals surface area contributed by atoms with Crippen molar-refractivity contribution in [3.8, 4) is 0 Å². The molecule has 0 radical (unpaired) electrons. The van der Waals surface area contributed by atoms with Gasteiger partial charge >= 0.3 is 0 Å². The Morgan fingerprint density at radius 3 is 2.68 bits per heavy atom. The van der Waals surface area contributed by atoms with E-state index in [1.165, 1.54) is 23.2 Å². The smallest absolute Gasteiger partial charge is 0.0438 e. The maximum Gasteiger partial charge on any atom is 0.0438 e. The van der Waals surface area contributed by atoms with Crippen molar-refractivity contribution in [1.82, 2.24) is 5.32 Å². The Labute approximate surface area is 118 Å². The van der Waals surface area contributed by atoms with Crippen molar-refractivity contribution >= 4 is 5.69 Å². The minimum Gasteiger partial charge on any atom is -0.365 e. The summed E-state index contributed by atoms with van der Waals surface area (Å²) >= 11 is 0. The van der Waals surface area contributed by atoms with Gasteiger partial charge in [0.05, 0.1) is 0 Å². The number of aryl methyl sites for hydroxylation is 2. The van der Waals surface area contributed by atoms with Crippen LogP contribution in [0.3, 0.4) is 0 Å². The molecule has 2 rings (SSSR count). The molecule has 2 atom stereocenters. The van der Waals surface area contributed by atoms with Gasteiger partial charge in [0.2, 0.25) is 0 Å². The van der Waals surface area contributed by atoms with E-state index in [2.05, 4.69) is 63.0 Å². The van der Waals surface area contributed by atoms with Crippen molar-refractivity contribution in [2.75, 3.05) is 18.0 Å². The van der Waals surface area contributed by atoms with Crippen molar-refractivity contribution in [2.45, 2.75) is 53.1 Å². The molecule has 0 aliphatic carbocycles. The van der Waals surface area contributed by atoms with Gasteiger partial charge in [-0.15, -0.1) is 0 Å². The lowest BCUT2D eigenvalue weighted by Gasteiger charge is -2.44. The molecule has 1 aromatic carbocycles. The summed E-state index contributed by atoms with van der Waals surface area (Å²) in [4.78, 5) is 2.64. The van der Waals surface area contributed by atoms with Gasteiger partial charge in [-0.05, 0) is 43.4 Å². The van der Waals surface area contributed by atoms with Gasteiger partial charge in [-0.1, -0.05) is 32.9 Å². The fourth-order valence-electron chi connectivity index (χ4n) is 3.01. The Balaban J connectivity index is 2.33. The first kappa shape index (κ1) is 14.4. The Kier molecular flexibility index (Phi) is 4.51. The topological polar surface area (TPSA) is 15.3 Å². The first-order chi connectivity index (χ1) is 9.02. The molecule has 0 amide bonds. The van der Waals surface area contributed by atoms with Crippen LogP contribution >= 0.6 is 0 Å². The molecule has 2 nitrogen and oxygen atoms in total. The van der Waals surface area contributed by atoms with E-state index in [0.29, 0.717) is 18.0 Å². The van der Waals surface area contributed by atoms with Crippen molar-refractivity contribution in [2.24, 2.45) is 5.92 Å². The van der Waals surface area contributed by atoms with E-state index in [-0.39, 0.29) is 0 Å². The van der Waals surface area contributed by atoms with E-state index < -0.39 is 0 Å². The number of nitrogens with one attached hydrogen (secondary N) is 1. The summed E-state index contributed by atoms with van der Waals surface area (Å²) in [6, 6.07) is 8.04. The summed E-state index contributed by atoms with van der Waals surface area (Å²) in [6.45, 7) is 13.6. The molecule has 19 heavy (non-hydrogen) atoms. The van der Waals surface area contributed by atoms with Crippen LogP contribution in [-0.2, 0) is 0 Å². The summed E-state index contributed by atoms with van der Waals surface area (Å²) in [7, 11) is 0. The average molecular weight is 260 g/mol. The van der Waals surface area contributed by atoms with Crippen LogP contribution in [0, 0.1) is 19.8 Å². The van der Waals surface area contributed by atoms with Crippen LogP contribution in [-0.4, -0.2) is 25.2 Å². The molecule has 1 aliphatic heterocycles. The van der Waals surface area contributed by atoms with Crippen molar-refractivity contribution in [3.05, 3.63) is 29.3 Å². The van der Waals surface area contributed by atoms with Crippen LogP contribution < -0.4 is 10.2 Å². The third kappa shape index (κ3) is 3.11. The van der Waals surface area contributed by atoms with E-state index in [1.807, 2.05) is 0 Å². The van der Waals surface area contributed by atoms with Gasteiger partial charge in [0.25, 0.3) is 0 Å². The number of anilines is 1. The van der Waals surface area contributed by atoms with Crippen molar-refractivity contribution in [1.29, 1.82) is 0 Å². The molecule has 0 saturated carbocycles. The van der Waals surface area contributed by atoms with Crippen molar-refractivity contribution < 1.29 is 0 Å². The van der Waals surface area contributed by atoms with Gasteiger partial charge in [0.1, 0.15) is 0 Å². The lowest BCUT2D eigenvalue weighted by Crippen LogP contribution is -2.58. The molecule has 106 valence electrons. The second-order valence-corrected chi connectivity index (χ2v) is 6.27. The molecule has 0 bridgehead atoms. The van der Waals surface area contributed by atoms with Gasteiger partial charge in [0.15, 0.2) is 0 Å². The molecule has 1 aliphatic rings. The standard InChI is InChI=1S/C17H28N2/c1-6-15-11-19(17(10-18-15)12(2)3)16-9-13(4)7-8-14(16)5/h7-9,12,15,17-18H,6,10-11H2,1-5H3. The predicted molar refractivity (Wildman–Crippen MR) is 84.0 cm³/mol. The Morgan fingerprint density at radius 1 is 1.32 bits per heavy atom.